The van der Waals surface area contributed by atoms with E-state index in [9.17, 15) is 8.42 Å². The van der Waals surface area contributed by atoms with Crippen LogP contribution < -0.4 is 5.73 Å². The number of nitrogens with two attached hydrogens (primary N) is 1. The maximum Gasteiger partial charge on any atom is 0.151 e. The Morgan fingerprint density at radius 2 is 2.11 bits per heavy atom. The van der Waals surface area contributed by atoms with Gasteiger partial charge in [-0.25, -0.2) is 13.4 Å². The van der Waals surface area contributed by atoms with Crippen molar-refractivity contribution < 1.29 is 8.42 Å². The van der Waals surface area contributed by atoms with Gasteiger partial charge < -0.3 is 10.7 Å². The lowest BCUT2D eigenvalue weighted by Gasteiger charge is -2.20. The van der Waals surface area contributed by atoms with Crippen molar-refractivity contribution in [1.82, 2.24) is 9.97 Å². The molecule has 1 saturated heterocycles. The fraction of sp³-hybridized carbons (Fsp3) is 0.750. The van der Waals surface area contributed by atoms with Crippen LogP contribution in [-0.2, 0) is 15.4 Å². The van der Waals surface area contributed by atoms with E-state index in [0.717, 1.165) is 37.2 Å². The van der Waals surface area contributed by atoms with E-state index in [1.54, 1.807) is 6.20 Å². The molecular weight excluding hydrogens is 250 g/mol. The molecule has 6 heteroatoms. The number of aromatic amines is 1. The normalized spacial score (nSPS) is 29.7. The van der Waals surface area contributed by atoms with E-state index < -0.39 is 9.84 Å². The van der Waals surface area contributed by atoms with Gasteiger partial charge in [-0.15, -0.1) is 0 Å². The summed E-state index contributed by atoms with van der Waals surface area (Å²) in [5, 5.41) is 0. The summed E-state index contributed by atoms with van der Waals surface area (Å²) < 4.78 is 23.0. The Morgan fingerprint density at radius 1 is 1.39 bits per heavy atom. The second-order valence-corrected chi connectivity index (χ2v) is 7.88. The molecule has 2 aliphatic rings. The van der Waals surface area contributed by atoms with Crippen LogP contribution in [0.25, 0.3) is 0 Å². The average molecular weight is 269 g/mol. The third-order valence-electron chi connectivity index (χ3n) is 4.24. The molecule has 100 valence electrons. The van der Waals surface area contributed by atoms with Crippen LogP contribution in [0.3, 0.4) is 0 Å². The van der Waals surface area contributed by atoms with Gasteiger partial charge in [0.15, 0.2) is 9.84 Å². The molecule has 5 nitrogen and oxygen atoms in total. The molecule has 3 rings (SSSR count). The van der Waals surface area contributed by atoms with Gasteiger partial charge in [0.05, 0.1) is 17.0 Å². The number of sulfone groups is 1. The number of nitrogens with one attached hydrogen (secondary N) is 1. The van der Waals surface area contributed by atoms with Crippen LogP contribution in [0.5, 0.6) is 0 Å². The molecular formula is C12H19N3O2S. The van der Waals surface area contributed by atoms with Gasteiger partial charge in [0.2, 0.25) is 0 Å². The number of H-pyrrole nitrogens is 1. The summed E-state index contributed by atoms with van der Waals surface area (Å²) in [5.74, 6) is 1.44. The quantitative estimate of drug-likeness (QED) is 0.839. The van der Waals surface area contributed by atoms with E-state index in [2.05, 4.69) is 9.97 Å². The Balaban J connectivity index is 1.82. The van der Waals surface area contributed by atoms with Crippen molar-refractivity contribution in [2.24, 2.45) is 5.73 Å². The first-order chi connectivity index (χ1) is 8.49. The number of aromatic nitrogens is 2. The molecule has 3 N–H and O–H groups in total. The summed E-state index contributed by atoms with van der Waals surface area (Å²) in [5.41, 5.74) is 6.94. The molecule has 2 fully saturated rings. The van der Waals surface area contributed by atoms with Crippen molar-refractivity contribution in [3.63, 3.8) is 0 Å². The lowest BCUT2D eigenvalue weighted by molar-refractivity contribution is 0.434. The molecule has 2 heterocycles. The van der Waals surface area contributed by atoms with Gasteiger partial charge in [0.25, 0.3) is 0 Å². The third kappa shape index (κ3) is 2.07. The van der Waals surface area contributed by atoms with Crippen LogP contribution in [0.4, 0.5) is 0 Å². The number of imidazole rings is 1. The topological polar surface area (TPSA) is 88.8 Å². The molecule has 0 amide bonds. The van der Waals surface area contributed by atoms with E-state index in [1.807, 2.05) is 0 Å². The number of nitrogens with zero attached hydrogens (tertiary/aromatic N) is 1. The fourth-order valence-electron chi connectivity index (χ4n) is 3.08. The van der Waals surface area contributed by atoms with E-state index >= 15 is 0 Å². The highest BCUT2D eigenvalue weighted by atomic mass is 32.2. The number of hydrogen-bond acceptors (Lipinski definition) is 4. The summed E-state index contributed by atoms with van der Waals surface area (Å²) in [4.78, 5) is 7.66. The summed E-state index contributed by atoms with van der Waals surface area (Å²) >= 11 is 0. The van der Waals surface area contributed by atoms with E-state index in [0.29, 0.717) is 12.2 Å². The lowest BCUT2D eigenvalue weighted by atomic mass is 9.98. The molecule has 0 radical (unpaired) electrons. The first-order valence-corrected chi connectivity index (χ1v) is 8.35. The van der Waals surface area contributed by atoms with Crippen molar-refractivity contribution in [1.29, 1.82) is 0 Å². The smallest absolute Gasteiger partial charge is 0.151 e. The Morgan fingerprint density at radius 3 is 2.72 bits per heavy atom. The van der Waals surface area contributed by atoms with E-state index in [1.165, 1.54) is 0 Å². The minimum absolute atomic E-state index is 0.0706. The highest BCUT2D eigenvalue weighted by Crippen LogP contribution is 2.36. The Hall–Kier alpha value is -0.880. The number of rotatable bonds is 2. The largest absolute Gasteiger partial charge is 0.344 e. The van der Waals surface area contributed by atoms with Gasteiger partial charge in [-0.2, -0.15) is 0 Å². The van der Waals surface area contributed by atoms with E-state index in [4.69, 9.17) is 5.73 Å². The van der Waals surface area contributed by atoms with Gasteiger partial charge in [-0.3, -0.25) is 0 Å². The monoisotopic (exact) mass is 269 g/mol. The molecule has 0 bridgehead atoms. The molecule has 1 aromatic heterocycles. The highest BCUT2D eigenvalue weighted by Gasteiger charge is 2.36. The predicted molar refractivity (Wildman–Crippen MR) is 68.9 cm³/mol. The standard InChI is InChI=1S/C12H19N3O2S/c13-12(4-1-2-5-12)11-14-7-10(15-11)9-3-6-18(16,17)8-9/h7,9H,1-6,8,13H2,(H,14,15). The van der Waals surface area contributed by atoms with Gasteiger partial charge in [0.1, 0.15) is 5.82 Å². The molecule has 1 saturated carbocycles. The second kappa shape index (κ2) is 4.06. The van der Waals surface area contributed by atoms with Gasteiger partial charge in [-0.05, 0) is 19.3 Å². The van der Waals surface area contributed by atoms with Crippen molar-refractivity contribution >= 4 is 9.84 Å². The minimum Gasteiger partial charge on any atom is -0.344 e. The first-order valence-electron chi connectivity index (χ1n) is 6.53. The van der Waals surface area contributed by atoms with E-state index in [-0.39, 0.29) is 17.2 Å². The average Bonchev–Trinajstić information content (AvgIpc) is 2.97. The molecule has 0 aromatic carbocycles. The zero-order valence-corrected chi connectivity index (χ0v) is 11.2. The Bertz CT molecular complexity index is 543. The van der Waals surface area contributed by atoms with Crippen LogP contribution in [0.15, 0.2) is 6.20 Å². The highest BCUT2D eigenvalue weighted by molar-refractivity contribution is 7.91. The lowest BCUT2D eigenvalue weighted by Crippen LogP contribution is -2.34. The zero-order valence-electron chi connectivity index (χ0n) is 10.4. The van der Waals surface area contributed by atoms with Crippen LogP contribution in [0, 0.1) is 0 Å². The van der Waals surface area contributed by atoms with Gasteiger partial charge in [-0.1, -0.05) is 12.8 Å². The minimum atomic E-state index is -2.85. The van der Waals surface area contributed by atoms with Crippen LogP contribution in [0.1, 0.15) is 49.5 Å². The molecule has 1 unspecified atom stereocenters. The van der Waals surface area contributed by atoms with Crippen molar-refractivity contribution in [3.05, 3.63) is 17.7 Å². The predicted octanol–water partition coefficient (Wildman–Crippen LogP) is 1.04. The molecule has 18 heavy (non-hydrogen) atoms. The molecule has 1 aromatic rings. The summed E-state index contributed by atoms with van der Waals surface area (Å²) in [6, 6.07) is 0. The molecule has 1 aliphatic carbocycles. The third-order valence-corrected chi connectivity index (χ3v) is 6.00. The summed E-state index contributed by atoms with van der Waals surface area (Å²) in [7, 11) is -2.85. The Kier molecular flexibility index (Phi) is 2.75. The van der Waals surface area contributed by atoms with Crippen molar-refractivity contribution in [2.45, 2.75) is 43.6 Å². The summed E-state index contributed by atoms with van der Waals surface area (Å²) in [6.07, 6.45) is 6.68. The molecule has 0 spiro atoms. The zero-order chi connectivity index (χ0) is 12.8. The maximum absolute atomic E-state index is 11.5. The van der Waals surface area contributed by atoms with Crippen molar-refractivity contribution in [3.8, 4) is 0 Å². The maximum atomic E-state index is 11.5. The van der Waals surface area contributed by atoms with Gasteiger partial charge >= 0.3 is 0 Å². The van der Waals surface area contributed by atoms with Crippen LogP contribution in [0.2, 0.25) is 0 Å². The summed E-state index contributed by atoms with van der Waals surface area (Å²) in [6.45, 7) is 0. The molecule has 1 atom stereocenters. The van der Waals surface area contributed by atoms with Crippen LogP contribution in [-0.4, -0.2) is 29.9 Å². The van der Waals surface area contributed by atoms with Gasteiger partial charge in [0, 0.05) is 17.8 Å². The Labute approximate surface area is 107 Å². The van der Waals surface area contributed by atoms with Crippen LogP contribution >= 0.6 is 0 Å². The second-order valence-electron chi connectivity index (χ2n) is 5.65. The fourth-order valence-corrected chi connectivity index (χ4v) is 4.85. The SMILES string of the molecule is NC1(c2ncc(C3CCS(=O)(=O)C3)[nH]2)CCCC1. The first kappa shape index (κ1) is 12.2. The van der Waals surface area contributed by atoms with Crippen molar-refractivity contribution in [2.75, 3.05) is 11.5 Å². The number of hydrogen-bond donors (Lipinski definition) is 2. The molecule has 1 aliphatic heterocycles.